The van der Waals surface area contributed by atoms with Crippen molar-refractivity contribution in [1.82, 2.24) is 0 Å². The van der Waals surface area contributed by atoms with Gasteiger partial charge in [0.05, 0.1) is 35.3 Å². The number of hydrogen-bond acceptors (Lipinski definition) is 6. The van der Waals surface area contributed by atoms with Crippen LogP contribution in [0.5, 0.6) is 5.75 Å². The smallest absolute Gasteiger partial charge is 0.337 e. The Morgan fingerprint density at radius 1 is 1.27 bits per heavy atom. The summed E-state index contributed by atoms with van der Waals surface area (Å²) in [6.45, 7) is 9.50. The molecule has 4 rings (SSSR count). The standard InChI is InChI=1S/C32H34N2O6S/c1-20-16-26(34-41(37,38)19-25-11-8-6-7-10-24(25)18-33)21(2)29(30(31(35)36)40-32(3,4)5)28(20)23-13-14-27-22(17-23)12-9-15-39-27/h7,10,13-14,16-17,30,34H,9,11-12,15,19H2,1-5H3,(H,35,36). The minimum absolute atomic E-state index is 0.154. The van der Waals surface area contributed by atoms with Crippen molar-refractivity contribution in [3.63, 3.8) is 0 Å². The van der Waals surface area contributed by atoms with Crippen molar-refractivity contribution in [2.45, 2.75) is 65.6 Å². The quantitative estimate of drug-likeness (QED) is 0.384. The van der Waals surface area contributed by atoms with Crippen LogP contribution >= 0.6 is 0 Å². The monoisotopic (exact) mass is 574 g/mol. The van der Waals surface area contributed by atoms with E-state index in [2.05, 4.69) is 16.6 Å². The van der Waals surface area contributed by atoms with Gasteiger partial charge in [0.15, 0.2) is 6.10 Å². The number of aryl methyl sites for hydroxylation is 2. The number of nitrogens with zero attached hydrogens (tertiary/aromatic N) is 1. The molecule has 0 saturated carbocycles. The van der Waals surface area contributed by atoms with E-state index in [-0.39, 0.29) is 17.7 Å². The molecule has 0 fully saturated rings. The number of sulfonamides is 1. The molecule has 0 radical (unpaired) electrons. The fourth-order valence-corrected chi connectivity index (χ4v) is 6.43. The first-order valence-electron chi connectivity index (χ1n) is 13.4. The van der Waals surface area contributed by atoms with E-state index in [0.29, 0.717) is 34.4 Å². The van der Waals surface area contributed by atoms with Crippen molar-refractivity contribution >= 4 is 21.7 Å². The molecule has 0 aromatic heterocycles. The Morgan fingerprint density at radius 3 is 2.71 bits per heavy atom. The number of nitriles is 1. The largest absolute Gasteiger partial charge is 0.493 e. The highest BCUT2D eigenvalue weighted by molar-refractivity contribution is 7.92. The van der Waals surface area contributed by atoms with Gasteiger partial charge >= 0.3 is 5.97 Å². The second-order valence-corrected chi connectivity index (χ2v) is 12.9. The molecule has 2 aromatic rings. The van der Waals surface area contributed by atoms with Crippen LogP contribution in [-0.2, 0) is 26.0 Å². The number of ether oxygens (including phenoxy) is 2. The van der Waals surface area contributed by atoms with Crippen molar-refractivity contribution in [3.05, 3.63) is 69.8 Å². The highest BCUT2D eigenvalue weighted by Crippen LogP contribution is 2.42. The second kappa shape index (κ2) is 11.8. The van der Waals surface area contributed by atoms with Crippen LogP contribution in [0.3, 0.4) is 0 Å². The predicted molar refractivity (Wildman–Crippen MR) is 158 cm³/mol. The third-order valence-corrected chi connectivity index (χ3v) is 8.12. The van der Waals surface area contributed by atoms with Gasteiger partial charge in [-0.3, -0.25) is 4.72 Å². The van der Waals surface area contributed by atoms with Crippen LogP contribution < -0.4 is 9.46 Å². The van der Waals surface area contributed by atoms with Crippen LogP contribution in [0.4, 0.5) is 5.69 Å². The van der Waals surface area contributed by atoms with Gasteiger partial charge in [-0.25, -0.2) is 13.2 Å². The molecule has 41 heavy (non-hydrogen) atoms. The summed E-state index contributed by atoms with van der Waals surface area (Å²) in [5.74, 6) is 4.82. The minimum Gasteiger partial charge on any atom is -0.493 e. The minimum atomic E-state index is -3.99. The van der Waals surface area contributed by atoms with Gasteiger partial charge in [0.2, 0.25) is 10.0 Å². The highest BCUT2D eigenvalue weighted by atomic mass is 32.2. The Balaban J connectivity index is 1.86. The summed E-state index contributed by atoms with van der Waals surface area (Å²) in [7, 11) is -3.99. The zero-order valence-electron chi connectivity index (χ0n) is 23.9. The predicted octanol–water partition coefficient (Wildman–Crippen LogP) is 5.76. The summed E-state index contributed by atoms with van der Waals surface area (Å²) in [4.78, 5) is 12.7. The number of nitrogens with one attached hydrogen (secondary N) is 1. The molecule has 2 aliphatic rings. The molecular formula is C32H34N2O6S. The molecule has 2 aromatic carbocycles. The summed E-state index contributed by atoms with van der Waals surface area (Å²) in [6, 6.07) is 9.55. The van der Waals surface area contributed by atoms with Crippen molar-refractivity contribution in [2.75, 3.05) is 17.1 Å². The highest BCUT2D eigenvalue weighted by Gasteiger charge is 2.33. The topological polar surface area (TPSA) is 126 Å². The van der Waals surface area contributed by atoms with Gasteiger partial charge in [-0.15, -0.1) is 0 Å². The zero-order chi connectivity index (χ0) is 29.9. The Hall–Kier alpha value is -4.05. The van der Waals surface area contributed by atoms with E-state index < -0.39 is 33.5 Å². The van der Waals surface area contributed by atoms with Crippen molar-refractivity contribution in [1.29, 1.82) is 5.26 Å². The normalized spacial score (nSPS) is 15.5. The van der Waals surface area contributed by atoms with Crippen LogP contribution in [0, 0.1) is 37.0 Å². The maximum atomic E-state index is 13.4. The summed E-state index contributed by atoms with van der Waals surface area (Å²) in [6.07, 6.45) is 3.56. The van der Waals surface area contributed by atoms with Crippen molar-refractivity contribution in [3.8, 4) is 34.8 Å². The Labute approximate surface area is 241 Å². The molecular weight excluding hydrogens is 540 g/mol. The average Bonchev–Trinajstić information content (AvgIpc) is 3.12. The first-order valence-corrected chi connectivity index (χ1v) is 15.0. The third kappa shape index (κ3) is 7.00. The van der Waals surface area contributed by atoms with E-state index in [1.54, 1.807) is 33.8 Å². The van der Waals surface area contributed by atoms with Gasteiger partial charge in [-0.1, -0.05) is 17.9 Å². The Morgan fingerprint density at radius 2 is 2.02 bits per heavy atom. The van der Waals surface area contributed by atoms with E-state index in [1.165, 1.54) is 12.2 Å². The molecule has 9 heteroatoms. The summed E-state index contributed by atoms with van der Waals surface area (Å²) >= 11 is 0. The number of carbonyl (C=O) groups is 1. The number of hydrogen-bond donors (Lipinski definition) is 2. The Kier molecular flexibility index (Phi) is 8.63. The van der Waals surface area contributed by atoms with E-state index in [4.69, 9.17) is 9.47 Å². The maximum absolute atomic E-state index is 13.4. The third-order valence-electron chi connectivity index (χ3n) is 6.86. The van der Waals surface area contributed by atoms with Gasteiger partial charge < -0.3 is 14.6 Å². The lowest BCUT2D eigenvalue weighted by molar-refractivity contribution is -0.160. The van der Waals surface area contributed by atoms with E-state index >= 15 is 0 Å². The molecule has 0 amide bonds. The molecule has 1 aliphatic heterocycles. The fourth-order valence-electron chi connectivity index (χ4n) is 5.09. The zero-order valence-corrected chi connectivity index (χ0v) is 24.7. The molecule has 1 atom stereocenters. The number of rotatable bonds is 8. The average molecular weight is 575 g/mol. The van der Waals surface area contributed by atoms with E-state index in [0.717, 1.165) is 29.7 Å². The number of carboxylic acid groups (broad SMARTS) is 1. The van der Waals surface area contributed by atoms with Crippen LogP contribution in [-0.4, -0.2) is 37.5 Å². The van der Waals surface area contributed by atoms with Crippen molar-refractivity contribution in [2.24, 2.45) is 0 Å². The van der Waals surface area contributed by atoms with Gasteiger partial charge in [-0.2, -0.15) is 5.26 Å². The van der Waals surface area contributed by atoms with Crippen LogP contribution in [0.25, 0.3) is 11.1 Å². The van der Waals surface area contributed by atoms with Crippen LogP contribution in [0.1, 0.15) is 62.0 Å². The lowest BCUT2D eigenvalue weighted by Crippen LogP contribution is -2.29. The number of fused-ring (bicyclic) bond motifs is 1. The van der Waals surface area contributed by atoms with Gasteiger partial charge in [0.1, 0.15) is 5.75 Å². The van der Waals surface area contributed by atoms with Gasteiger partial charge in [0.25, 0.3) is 0 Å². The molecule has 8 nitrogen and oxygen atoms in total. The second-order valence-electron chi connectivity index (χ2n) is 11.2. The van der Waals surface area contributed by atoms with Gasteiger partial charge in [-0.05, 0) is 111 Å². The first kappa shape index (κ1) is 29.9. The molecule has 1 heterocycles. The SMILES string of the molecule is Cc1cc(NS(=O)(=O)CC2=C(C#N)C=CC#CC2)c(C)c(C(OC(C)(C)C)C(=O)O)c1-c1ccc2c(c1)CCCO2. The fraction of sp³-hybridized carbons (Fsp3) is 0.375. The van der Waals surface area contributed by atoms with Crippen LogP contribution in [0.15, 0.2) is 47.6 Å². The molecule has 0 saturated heterocycles. The van der Waals surface area contributed by atoms with E-state index in [1.807, 2.05) is 31.2 Å². The first-order chi connectivity index (χ1) is 19.3. The number of anilines is 1. The summed E-state index contributed by atoms with van der Waals surface area (Å²) in [5, 5.41) is 19.9. The molecule has 0 spiro atoms. The summed E-state index contributed by atoms with van der Waals surface area (Å²) in [5.41, 5.74) is 4.10. The molecule has 1 unspecified atom stereocenters. The molecule has 0 bridgehead atoms. The van der Waals surface area contributed by atoms with E-state index in [9.17, 15) is 23.6 Å². The molecule has 1 aliphatic carbocycles. The maximum Gasteiger partial charge on any atom is 0.337 e. The molecule has 214 valence electrons. The molecule has 2 N–H and O–H groups in total. The van der Waals surface area contributed by atoms with Crippen LogP contribution in [0.2, 0.25) is 0 Å². The lowest BCUT2D eigenvalue weighted by Gasteiger charge is -2.30. The number of benzene rings is 2. The Bertz CT molecular complexity index is 1660. The van der Waals surface area contributed by atoms with Crippen molar-refractivity contribution < 1.29 is 27.8 Å². The lowest BCUT2D eigenvalue weighted by atomic mass is 9.86. The van der Waals surface area contributed by atoms with Gasteiger partial charge in [0, 0.05) is 12.0 Å². The number of aliphatic carboxylic acids is 1. The summed E-state index contributed by atoms with van der Waals surface area (Å²) < 4.78 is 41.3. The number of carboxylic acids is 1. The number of allylic oxidation sites excluding steroid dienone is 3.